The van der Waals surface area contributed by atoms with Crippen molar-refractivity contribution in [3.05, 3.63) is 58.4 Å². The van der Waals surface area contributed by atoms with E-state index in [2.05, 4.69) is 10.3 Å². The van der Waals surface area contributed by atoms with Crippen molar-refractivity contribution in [2.75, 3.05) is 32.1 Å². The highest BCUT2D eigenvalue weighted by Gasteiger charge is 2.50. The number of nitrogens with zero attached hydrogens (tertiary/aromatic N) is 3. The molecule has 7 nitrogen and oxygen atoms in total. The van der Waals surface area contributed by atoms with Crippen molar-refractivity contribution in [2.24, 2.45) is 5.92 Å². The number of fused-ring (bicyclic) bond motifs is 5. The summed E-state index contributed by atoms with van der Waals surface area (Å²) in [6.45, 7) is 7.02. The van der Waals surface area contributed by atoms with Gasteiger partial charge in [-0.2, -0.15) is 0 Å². The van der Waals surface area contributed by atoms with Crippen molar-refractivity contribution < 1.29 is 23.0 Å². The highest BCUT2D eigenvalue weighted by Crippen LogP contribution is 2.49. The van der Waals surface area contributed by atoms with Gasteiger partial charge in [0.2, 0.25) is 5.91 Å². The standard InChI is InChI=1S/C29H32F2N4O3/c1-16(20-6-5-7-23-21(20)8-9-29(23,30)31)32-27-22-12-24-26(13-25(22)33-17(2)34-27)38-15-19-14-35(18(3)36)11-10-28(19,24)37-4/h5-7,12-13,16,19H,8-11,14-15H2,1-4H3,(H,32,33,34)/t16-,19?,28?/m1/s1. The van der Waals surface area contributed by atoms with Crippen LogP contribution in [-0.4, -0.2) is 47.6 Å². The number of carbonyl (C=O) groups is 1. The third-order valence-electron chi connectivity index (χ3n) is 8.58. The molecule has 1 amide bonds. The van der Waals surface area contributed by atoms with Gasteiger partial charge in [0, 0.05) is 62.0 Å². The number of amides is 1. The summed E-state index contributed by atoms with van der Waals surface area (Å²) >= 11 is 0. The predicted octanol–water partition coefficient (Wildman–Crippen LogP) is 5.25. The van der Waals surface area contributed by atoms with Gasteiger partial charge >= 0.3 is 0 Å². The fourth-order valence-corrected chi connectivity index (χ4v) is 6.57. The van der Waals surface area contributed by atoms with E-state index < -0.39 is 11.5 Å². The molecule has 3 atom stereocenters. The Morgan fingerprint density at radius 3 is 2.82 bits per heavy atom. The molecule has 1 saturated heterocycles. The van der Waals surface area contributed by atoms with E-state index >= 15 is 0 Å². The summed E-state index contributed by atoms with van der Waals surface area (Å²) < 4.78 is 41.2. The first-order chi connectivity index (χ1) is 18.1. The second-order valence-electron chi connectivity index (χ2n) is 10.7. The zero-order valence-electron chi connectivity index (χ0n) is 22.1. The van der Waals surface area contributed by atoms with Crippen LogP contribution in [0.25, 0.3) is 10.9 Å². The molecule has 200 valence electrons. The Balaban J connectivity index is 1.41. The van der Waals surface area contributed by atoms with Crippen molar-refractivity contribution in [1.29, 1.82) is 0 Å². The Morgan fingerprint density at radius 1 is 1.24 bits per heavy atom. The molecule has 1 aromatic heterocycles. The first-order valence-corrected chi connectivity index (χ1v) is 13.2. The van der Waals surface area contributed by atoms with E-state index in [-0.39, 0.29) is 29.9 Å². The number of piperidine rings is 1. The van der Waals surface area contributed by atoms with Crippen LogP contribution in [0, 0.1) is 12.8 Å². The quantitative estimate of drug-likeness (QED) is 0.504. The molecule has 9 heteroatoms. The molecule has 3 heterocycles. The maximum absolute atomic E-state index is 14.4. The summed E-state index contributed by atoms with van der Waals surface area (Å²) in [6, 6.07) is 8.89. The monoisotopic (exact) mass is 522 g/mol. The number of aromatic nitrogens is 2. The van der Waals surface area contributed by atoms with Crippen LogP contribution in [0.5, 0.6) is 5.75 Å². The summed E-state index contributed by atoms with van der Waals surface area (Å²) in [5, 5.41) is 4.31. The molecule has 0 radical (unpaired) electrons. The molecular formula is C29H32F2N4O3. The number of ether oxygens (including phenoxy) is 2. The normalized spacial score (nSPS) is 24.3. The van der Waals surface area contributed by atoms with Crippen LogP contribution in [0.15, 0.2) is 30.3 Å². The third-order valence-corrected chi connectivity index (χ3v) is 8.58. The minimum atomic E-state index is -2.79. The van der Waals surface area contributed by atoms with Crippen LogP contribution in [0.2, 0.25) is 0 Å². The van der Waals surface area contributed by atoms with Gasteiger partial charge in [-0.3, -0.25) is 4.79 Å². The molecule has 2 unspecified atom stereocenters. The average Bonchev–Trinajstić information content (AvgIpc) is 3.21. The lowest BCUT2D eigenvalue weighted by molar-refractivity contribution is -0.150. The predicted molar refractivity (Wildman–Crippen MR) is 140 cm³/mol. The minimum absolute atomic E-state index is 0.00891. The summed E-state index contributed by atoms with van der Waals surface area (Å²) in [5.74, 6) is -0.779. The highest BCUT2D eigenvalue weighted by molar-refractivity contribution is 5.91. The lowest BCUT2D eigenvalue weighted by Crippen LogP contribution is -2.55. The first-order valence-electron chi connectivity index (χ1n) is 13.2. The largest absolute Gasteiger partial charge is 0.493 e. The summed E-state index contributed by atoms with van der Waals surface area (Å²) in [5.41, 5.74) is 2.78. The van der Waals surface area contributed by atoms with Crippen LogP contribution in [0.3, 0.4) is 0 Å². The molecular weight excluding hydrogens is 490 g/mol. The number of halogens is 2. The van der Waals surface area contributed by atoms with Gasteiger partial charge in [0.05, 0.1) is 18.2 Å². The summed E-state index contributed by atoms with van der Waals surface area (Å²) in [6.07, 6.45) is 0.856. The maximum atomic E-state index is 14.4. The maximum Gasteiger partial charge on any atom is 0.273 e. The third kappa shape index (κ3) is 3.82. The second-order valence-corrected chi connectivity index (χ2v) is 10.7. The number of alkyl halides is 2. The lowest BCUT2D eigenvalue weighted by Gasteiger charge is -2.49. The Kier molecular flexibility index (Phi) is 5.83. The first kappa shape index (κ1) is 25.0. The molecule has 3 aromatic rings. The Morgan fingerprint density at radius 2 is 2.05 bits per heavy atom. The Labute approximate surface area is 220 Å². The molecule has 0 spiro atoms. The molecule has 1 aliphatic carbocycles. The van der Waals surface area contributed by atoms with Crippen LogP contribution in [0.4, 0.5) is 14.6 Å². The van der Waals surface area contributed by atoms with Crippen molar-refractivity contribution in [3.8, 4) is 5.75 Å². The highest BCUT2D eigenvalue weighted by atomic mass is 19.3. The fourth-order valence-electron chi connectivity index (χ4n) is 6.57. The molecule has 38 heavy (non-hydrogen) atoms. The number of methoxy groups -OCH3 is 1. The molecule has 3 aliphatic rings. The number of aryl methyl sites for hydroxylation is 1. The topological polar surface area (TPSA) is 76.6 Å². The van der Waals surface area contributed by atoms with Crippen LogP contribution >= 0.6 is 0 Å². The van der Waals surface area contributed by atoms with Crippen LogP contribution in [0.1, 0.15) is 60.8 Å². The number of hydrogen-bond acceptors (Lipinski definition) is 6. The SMILES string of the molecule is COC12CCN(C(C)=O)CC1COc1cc3nc(C)nc(N[C@H](C)c4cccc5c4CCC5(F)F)c3cc12. The van der Waals surface area contributed by atoms with Crippen LogP contribution in [-0.2, 0) is 27.5 Å². The van der Waals surface area contributed by atoms with Gasteiger partial charge in [0.15, 0.2) is 0 Å². The van der Waals surface area contributed by atoms with Crippen molar-refractivity contribution in [1.82, 2.24) is 14.9 Å². The van der Waals surface area contributed by atoms with Gasteiger partial charge in [-0.05, 0) is 43.9 Å². The second kappa shape index (κ2) is 8.86. The van der Waals surface area contributed by atoms with Crippen LogP contribution < -0.4 is 10.1 Å². The van der Waals surface area contributed by atoms with Gasteiger partial charge in [0.25, 0.3) is 5.92 Å². The van der Waals surface area contributed by atoms with E-state index in [1.807, 2.05) is 36.9 Å². The molecule has 6 rings (SSSR count). The number of rotatable bonds is 4. The van der Waals surface area contributed by atoms with Gasteiger partial charge < -0.3 is 19.7 Å². The molecule has 1 fully saturated rings. The zero-order valence-corrected chi connectivity index (χ0v) is 22.1. The van der Waals surface area contributed by atoms with Gasteiger partial charge in [0.1, 0.15) is 23.0 Å². The van der Waals surface area contributed by atoms with Crippen molar-refractivity contribution in [2.45, 2.75) is 57.6 Å². The lowest BCUT2D eigenvalue weighted by atomic mass is 9.74. The van der Waals surface area contributed by atoms with E-state index in [4.69, 9.17) is 14.5 Å². The Bertz CT molecular complexity index is 1450. The van der Waals surface area contributed by atoms with Gasteiger partial charge in [-0.25, -0.2) is 18.7 Å². The average molecular weight is 523 g/mol. The number of anilines is 1. The van der Waals surface area contributed by atoms with E-state index in [9.17, 15) is 13.6 Å². The number of carbonyl (C=O) groups excluding carboxylic acids is 1. The van der Waals surface area contributed by atoms with E-state index in [1.165, 1.54) is 6.07 Å². The molecule has 2 aliphatic heterocycles. The van der Waals surface area contributed by atoms with E-state index in [1.54, 1.807) is 20.1 Å². The smallest absolute Gasteiger partial charge is 0.273 e. The zero-order chi connectivity index (χ0) is 26.8. The van der Waals surface area contributed by atoms with Crippen molar-refractivity contribution >= 4 is 22.6 Å². The molecule has 0 saturated carbocycles. The van der Waals surface area contributed by atoms with E-state index in [0.29, 0.717) is 44.2 Å². The number of nitrogens with one attached hydrogen (secondary N) is 1. The summed E-state index contributed by atoms with van der Waals surface area (Å²) in [7, 11) is 1.72. The van der Waals surface area contributed by atoms with Crippen molar-refractivity contribution in [3.63, 3.8) is 0 Å². The number of hydrogen-bond donors (Lipinski definition) is 1. The van der Waals surface area contributed by atoms with Gasteiger partial charge in [-0.15, -0.1) is 0 Å². The minimum Gasteiger partial charge on any atom is -0.493 e. The van der Waals surface area contributed by atoms with Gasteiger partial charge in [-0.1, -0.05) is 18.2 Å². The molecule has 1 N–H and O–H groups in total. The van der Waals surface area contributed by atoms with E-state index in [0.717, 1.165) is 33.3 Å². The fraction of sp³-hybridized carbons (Fsp3) is 0.483. The molecule has 2 aromatic carbocycles. The number of likely N-dealkylation sites (tertiary alicyclic amines) is 1. The summed E-state index contributed by atoms with van der Waals surface area (Å²) in [4.78, 5) is 23.3. The molecule has 0 bridgehead atoms. The Hall–Kier alpha value is -3.33. The number of benzene rings is 2.